The minimum atomic E-state index is 0.267. The molecule has 1 nitrogen and oxygen atoms in total. The molecule has 0 rings (SSSR count). The minimum absolute atomic E-state index is 0.267. The third kappa shape index (κ3) is 4.31. The summed E-state index contributed by atoms with van der Waals surface area (Å²) >= 11 is 3.84. The number of thiol groups is 1. The van der Waals surface area contributed by atoms with E-state index in [0.29, 0.717) is 0 Å². The van der Waals surface area contributed by atoms with Gasteiger partial charge in [-0.25, -0.2) is 0 Å². The topological polar surface area (TPSA) is 22.3 Å². The van der Waals surface area contributed by atoms with Gasteiger partial charge in [-0.2, -0.15) is 12.6 Å². The Morgan fingerprint density at radius 1 is 1.60 bits per heavy atom. The van der Waals surface area contributed by atoms with Crippen LogP contribution in [0, 0.1) is 0 Å². The van der Waals surface area contributed by atoms with Crippen molar-refractivity contribution in [2.24, 2.45) is 0 Å². The van der Waals surface area contributed by atoms with Crippen molar-refractivity contribution in [2.75, 3.05) is 12.3 Å². The van der Waals surface area contributed by atoms with E-state index in [9.17, 15) is 0 Å². The van der Waals surface area contributed by atoms with Crippen LogP contribution in [0.3, 0.4) is 0 Å². The minimum Gasteiger partial charge on any atom is -0.179 e. The number of nitrogens with zero attached hydrogens (tertiary/aromatic N) is 1. The smallest absolute Gasteiger partial charge is 0.0329 e. The van der Waals surface area contributed by atoms with E-state index in [4.69, 9.17) is 5.73 Å². The van der Waals surface area contributed by atoms with Crippen molar-refractivity contribution in [1.82, 2.24) is 5.73 Å². The Kier molecular flexibility index (Phi) is 4.58. The van der Waals surface area contributed by atoms with Crippen molar-refractivity contribution in [3.05, 3.63) is 0 Å². The number of hydrogen-bond donors (Lipinski definition) is 1. The van der Waals surface area contributed by atoms with Crippen LogP contribution in [0.1, 0.15) is 6.42 Å². The average molecular weight is 89.2 g/mol. The average Bonchev–Trinajstić information content (AvgIpc) is 1.41. The van der Waals surface area contributed by atoms with E-state index in [1.54, 1.807) is 0 Å². The van der Waals surface area contributed by atoms with Crippen LogP contribution >= 0.6 is 12.6 Å². The maximum atomic E-state index is 8.02. The first kappa shape index (κ1) is 5.31. The SMILES string of the molecule is [N]CCCS. The van der Waals surface area contributed by atoms with Gasteiger partial charge < -0.3 is 0 Å². The lowest BCUT2D eigenvalue weighted by Crippen LogP contribution is -1.82. The van der Waals surface area contributed by atoms with Crippen LogP contribution in [0.5, 0.6) is 0 Å². The van der Waals surface area contributed by atoms with Crippen LogP contribution in [-0.4, -0.2) is 12.3 Å². The Balaban J connectivity index is 2.19. The maximum Gasteiger partial charge on any atom is 0.0329 e. The predicted molar refractivity (Wildman–Crippen MR) is 25.5 cm³/mol. The van der Waals surface area contributed by atoms with E-state index >= 15 is 0 Å². The molecule has 0 heterocycles. The van der Waals surface area contributed by atoms with Crippen molar-refractivity contribution in [2.45, 2.75) is 6.42 Å². The van der Waals surface area contributed by atoms with Crippen LogP contribution in [0.25, 0.3) is 0 Å². The van der Waals surface area contributed by atoms with Gasteiger partial charge in [0.25, 0.3) is 0 Å². The second kappa shape index (κ2) is 4.31. The largest absolute Gasteiger partial charge is 0.179 e. The highest BCUT2D eigenvalue weighted by Crippen LogP contribution is 1.76. The summed E-state index contributed by atoms with van der Waals surface area (Å²) in [5, 5.41) is 0. The Bertz CT molecular complexity index is 14.4. The Labute approximate surface area is 38.0 Å². The van der Waals surface area contributed by atoms with Crippen LogP contribution < -0.4 is 5.73 Å². The first-order valence-corrected chi connectivity index (χ1v) is 2.26. The maximum absolute atomic E-state index is 8.02. The summed E-state index contributed by atoms with van der Waals surface area (Å²) in [6.45, 7) is 0.267. The molecule has 0 aliphatic rings. The summed E-state index contributed by atoms with van der Waals surface area (Å²) in [6.07, 6.45) is 0.809. The van der Waals surface area contributed by atoms with Crippen molar-refractivity contribution in [1.29, 1.82) is 0 Å². The van der Waals surface area contributed by atoms with Gasteiger partial charge in [0.1, 0.15) is 0 Å². The fourth-order valence-electron chi connectivity index (χ4n) is 0.0707. The molecule has 0 unspecified atom stereocenters. The predicted octanol–water partition coefficient (Wildman–Crippen LogP) is 0.375. The first-order valence-electron chi connectivity index (χ1n) is 1.63. The normalized spacial score (nSPS) is 8.40. The summed E-state index contributed by atoms with van der Waals surface area (Å²) in [4.78, 5) is 0. The third-order valence-corrected chi connectivity index (χ3v) is 0.632. The molecular formula is C3H7NS. The van der Waals surface area contributed by atoms with Crippen molar-refractivity contribution < 1.29 is 0 Å². The lowest BCUT2D eigenvalue weighted by atomic mass is 10.5. The van der Waals surface area contributed by atoms with E-state index in [1.165, 1.54) is 0 Å². The van der Waals surface area contributed by atoms with Crippen LogP contribution in [-0.2, 0) is 0 Å². The molecule has 0 aromatic heterocycles. The molecule has 0 aromatic carbocycles. The molecule has 0 amide bonds. The fraction of sp³-hybridized carbons (Fsp3) is 1.00. The Hall–Kier alpha value is 0.310. The van der Waals surface area contributed by atoms with Gasteiger partial charge in [-0.1, -0.05) is 0 Å². The molecule has 0 N–H and O–H groups in total. The first-order chi connectivity index (χ1) is 2.41. The molecule has 0 fully saturated rings. The summed E-state index contributed by atoms with van der Waals surface area (Å²) < 4.78 is 0. The van der Waals surface area contributed by atoms with Crippen LogP contribution in [0.2, 0.25) is 0 Å². The van der Waals surface area contributed by atoms with E-state index in [2.05, 4.69) is 12.6 Å². The lowest BCUT2D eigenvalue weighted by molar-refractivity contribution is 0.920. The molecule has 0 saturated carbocycles. The molecule has 0 atom stereocenters. The van der Waals surface area contributed by atoms with Gasteiger partial charge in [0.15, 0.2) is 0 Å². The van der Waals surface area contributed by atoms with Gasteiger partial charge >= 0.3 is 0 Å². The molecule has 0 spiro atoms. The number of hydrogen-bond acceptors (Lipinski definition) is 1. The second-order valence-electron chi connectivity index (χ2n) is 0.801. The highest BCUT2D eigenvalue weighted by molar-refractivity contribution is 7.80. The van der Waals surface area contributed by atoms with Crippen molar-refractivity contribution >= 4 is 12.6 Å². The highest BCUT2D eigenvalue weighted by Gasteiger charge is 1.71. The fourth-order valence-corrected chi connectivity index (χ4v) is 0.212. The monoisotopic (exact) mass is 89.0 g/mol. The molecule has 0 aliphatic heterocycles. The van der Waals surface area contributed by atoms with Crippen LogP contribution in [0.4, 0.5) is 0 Å². The van der Waals surface area contributed by atoms with E-state index < -0.39 is 0 Å². The van der Waals surface area contributed by atoms with E-state index in [0.717, 1.165) is 12.2 Å². The van der Waals surface area contributed by atoms with Crippen molar-refractivity contribution in [3.8, 4) is 0 Å². The van der Waals surface area contributed by atoms with Gasteiger partial charge in [0.05, 0.1) is 0 Å². The third-order valence-electron chi connectivity index (χ3n) is 0.316. The molecule has 30 valence electrons. The second-order valence-corrected chi connectivity index (χ2v) is 1.25. The Morgan fingerprint density at radius 2 is 2.20 bits per heavy atom. The molecule has 0 aliphatic carbocycles. The van der Waals surface area contributed by atoms with Gasteiger partial charge in [-0.15, -0.1) is 5.73 Å². The molecule has 5 heavy (non-hydrogen) atoms. The number of rotatable bonds is 2. The van der Waals surface area contributed by atoms with E-state index in [-0.39, 0.29) is 6.54 Å². The lowest BCUT2D eigenvalue weighted by Gasteiger charge is -1.76. The molecule has 2 radical (unpaired) electrons. The molecule has 2 heteroatoms. The molecule has 0 bridgehead atoms. The summed E-state index contributed by atoms with van der Waals surface area (Å²) in [7, 11) is 0. The van der Waals surface area contributed by atoms with Gasteiger partial charge in [0.2, 0.25) is 0 Å². The quantitative estimate of drug-likeness (QED) is 0.472. The molecule has 0 aromatic rings. The molecule has 0 saturated heterocycles. The van der Waals surface area contributed by atoms with Crippen molar-refractivity contribution in [3.63, 3.8) is 0 Å². The molecular weight excluding hydrogens is 82.1 g/mol. The summed E-state index contributed by atoms with van der Waals surface area (Å²) in [5.41, 5.74) is 8.02. The zero-order valence-electron chi connectivity index (χ0n) is 3.02. The van der Waals surface area contributed by atoms with Gasteiger partial charge in [0, 0.05) is 6.54 Å². The highest BCUT2D eigenvalue weighted by atomic mass is 32.1. The Morgan fingerprint density at radius 3 is 2.20 bits per heavy atom. The van der Waals surface area contributed by atoms with Gasteiger partial charge in [-0.05, 0) is 12.2 Å². The summed E-state index contributed by atoms with van der Waals surface area (Å²) in [5.74, 6) is 0.788. The zero-order chi connectivity index (χ0) is 4.12. The van der Waals surface area contributed by atoms with Gasteiger partial charge in [-0.3, -0.25) is 0 Å². The zero-order valence-corrected chi connectivity index (χ0v) is 3.91. The van der Waals surface area contributed by atoms with Crippen LogP contribution in [0.15, 0.2) is 0 Å². The standard InChI is InChI=1S/C3H7NS/c4-2-1-3-5/h5H,1-3H2. The summed E-state index contributed by atoms with van der Waals surface area (Å²) in [6, 6.07) is 0. The van der Waals surface area contributed by atoms with E-state index in [1.807, 2.05) is 0 Å².